The highest BCUT2D eigenvalue weighted by Gasteiger charge is 2.51. The lowest BCUT2D eigenvalue weighted by molar-refractivity contribution is 0.0852. The van der Waals surface area contributed by atoms with Crippen molar-refractivity contribution in [1.29, 1.82) is 0 Å². The van der Waals surface area contributed by atoms with E-state index in [-0.39, 0.29) is 22.5 Å². The van der Waals surface area contributed by atoms with Crippen molar-refractivity contribution in [3.8, 4) is 0 Å². The van der Waals surface area contributed by atoms with Gasteiger partial charge in [0.05, 0.1) is 10.6 Å². The minimum absolute atomic E-state index is 0.127. The number of nitrogens with two attached hydrogens (primary N) is 1. The Morgan fingerprint density at radius 3 is 2.75 bits per heavy atom. The van der Waals surface area contributed by atoms with Crippen LogP contribution in [0.3, 0.4) is 0 Å². The zero-order chi connectivity index (χ0) is 14.5. The zero-order valence-electron chi connectivity index (χ0n) is 10.6. The molecule has 1 aromatic heterocycles. The summed E-state index contributed by atoms with van der Waals surface area (Å²) in [7, 11) is -3.84. The SMILES string of the molecule is NC(=S)CC1(CN2C(=O)c3cccnc3S2(=O)=O)CC1. The molecule has 0 radical (unpaired) electrons. The lowest BCUT2D eigenvalue weighted by Gasteiger charge is -2.21. The second-order valence-electron chi connectivity index (χ2n) is 5.32. The molecule has 1 aliphatic carbocycles. The van der Waals surface area contributed by atoms with Gasteiger partial charge in [0.25, 0.3) is 15.9 Å². The van der Waals surface area contributed by atoms with Crippen LogP contribution >= 0.6 is 12.2 Å². The van der Waals surface area contributed by atoms with Crippen LogP contribution in [-0.4, -0.2) is 35.1 Å². The number of nitrogens with zero attached hydrogens (tertiary/aromatic N) is 2. The van der Waals surface area contributed by atoms with Crippen LogP contribution in [0.5, 0.6) is 0 Å². The normalized spacial score (nSPS) is 21.6. The Bertz CT molecular complexity index is 710. The number of amides is 1. The fourth-order valence-electron chi connectivity index (χ4n) is 2.51. The van der Waals surface area contributed by atoms with Crippen LogP contribution in [0.15, 0.2) is 23.4 Å². The van der Waals surface area contributed by atoms with Gasteiger partial charge in [0.1, 0.15) is 0 Å². The van der Waals surface area contributed by atoms with Gasteiger partial charge in [-0.05, 0) is 30.4 Å². The van der Waals surface area contributed by atoms with E-state index in [2.05, 4.69) is 4.98 Å². The number of thiocarbonyl (C=S) groups is 1. The van der Waals surface area contributed by atoms with Gasteiger partial charge in [0.15, 0.2) is 5.03 Å². The predicted molar refractivity (Wildman–Crippen MR) is 75.5 cm³/mol. The number of rotatable bonds is 4. The minimum atomic E-state index is -3.84. The van der Waals surface area contributed by atoms with Gasteiger partial charge >= 0.3 is 0 Å². The molecule has 6 nitrogen and oxygen atoms in total. The first-order valence-corrected chi connectivity index (χ1v) is 8.01. The van der Waals surface area contributed by atoms with Gasteiger partial charge in [-0.1, -0.05) is 12.2 Å². The first kappa shape index (κ1) is 13.4. The number of pyridine rings is 1. The Hall–Kier alpha value is -1.54. The third kappa shape index (κ3) is 1.99. The van der Waals surface area contributed by atoms with Crippen LogP contribution in [0.2, 0.25) is 0 Å². The van der Waals surface area contributed by atoms with E-state index in [1.807, 2.05) is 0 Å². The van der Waals surface area contributed by atoms with Crippen molar-refractivity contribution >= 4 is 33.1 Å². The first-order chi connectivity index (χ1) is 9.36. The average molecular weight is 311 g/mol. The summed E-state index contributed by atoms with van der Waals surface area (Å²) in [5, 5.41) is -0.156. The number of aromatic nitrogens is 1. The smallest absolute Gasteiger partial charge is 0.285 e. The predicted octanol–water partition coefficient (Wildman–Crippen LogP) is 0.682. The second-order valence-corrected chi connectivity index (χ2v) is 7.62. The highest BCUT2D eigenvalue weighted by Crippen LogP contribution is 2.50. The van der Waals surface area contributed by atoms with E-state index in [0.717, 1.165) is 17.1 Å². The van der Waals surface area contributed by atoms with Crippen molar-refractivity contribution in [2.24, 2.45) is 11.1 Å². The molecule has 0 spiro atoms. The molecule has 1 aromatic rings. The van der Waals surface area contributed by atoms with Gasteiger partial charge in [0.2, 0.25) is 0 Å². The maximum Gasteiger partial charge on any atom is 0.285 e. The quantitative estimate of drug-likeness (QED) is 0.822. The summed E-state index contributed by atoms with van der Waals surface area (Å²) >= 11 is 4.89. The van der Waals surface area contributed by atoms with Crippen molar-refractivity contribution in [2.75, 3.05) is 6.54 Å². The molecule has 0 unspecified atom stereocenters. The molecule has 1 fully saturated rings. The molecule has 20 heavy (non-hydrogen) atoms. The van der Waals surface area contributed by atoms with Crippen LogP contribution in [0.4, 0.5) is 0 Å². The van der Waals surface area contributed by atoms with E-state index in [1.165, 1.54) is 12.3 Å². The molecule has 2 N–H and O–H groups in total. The molecular formula is C12H13N3O3S2. The fourth-order valence-corrected chi connectivity index (χ4v) is 4.41. The molecule has 0 atom stereocenters. The molecule has 1 amide bonds. The Balaban J connectivity index is 1.93. The average Bonchev–Trinajstić information content (AvgIpc) is 3.10. The number of hydrogen-bond donors (Lipinski definition) is 1. The van der Waals surface area contributed by atoms with Gasteiger partial charge in [-0.15, -0.1) is 0 Å². The van der Waals surface area contributed by atoms with Crippen molar-refractivity contribution < 1.29 is 13.2 Å². The van der Waals surface area contributed by atoms with E-state index in [9.17, 15) is 13.2 Å². The van der Waals surface area contributed by atoms with Crippen molar-refractivity contribution in [1.82, 2.24) is 9.29 Å². The molecule has 3 rings (SSSR count). The van der Waals surface area contributed by atoms with E-state index in [4.69, 9.17) is 18.0 Å². The van der Waals surface area contributed by atoms with E-state index < -0.39 is 15.9 Å². The molecule has 0 aromatic carbocycles. The van der Waals surface area contributed by atoms with Gasteiger partial charge in [-0.25, -0.2) is 9.29 Å². The summed E-state index contributed by atoms with van der Waals surface area (Å²) in [5.41, 5.74) is 5.40. The topological polar surface area (TPSA) is 93.4 Å². The molecule has 2 heterocycles. The van der Waals surface area contributed by atoms with Crippen LogP contribution in [0.1, 0.15) is 29.6 Å². The molecule has 106 valence electrons. The van der Waals surface area contributed by atoms with Crippen LogP contribution in [0.25, 0.3) is 0 Å². The van der Waals surface area contributed by atoms with Crippen LogP contribution in [0, 0.1) is 5.41 Å². The number of sulfonamides is 1. The highest BCUT2D eigenvalue weighted by molar-refractivity contribution is 7.90. The van der Waals surface area contributed by atoms with Crippen LogP contribution < -0.4 is 5.73 Å². The molecule has 1 aliphatic heterocycles. The summed E-state index contributed by atoms with van der Waals surface area (Å²) in [6.45, 7) is 0.127. The van der Waals surface area contributed by atoms with E-state index in [1.54, 1.807) is 6.07 Å². The third-order valence-electron chi connectivity index (χ3n) is 3.75. The number of carbonyl (C=O) groups excluding carboxylic acids is 1. The number of fused-ring (bicyclic) bond motifs is 1. The fraction of sp³-hybridized carbons (Fsp3) is 0.417. The molecule has 1 saturated carbocycles. The first-order valence-electron chi connectivity index (χ1n) is 6.16. The molecular weight excluding hydrogens is 298 g/mol. The highest BCUT2D eigenvalue weighted by atomic mass is 32.2. The third-order valence-corrected chi connectivity index (χ3v) is 5.58. The van der Waals surface area contributed by atoms with Gasteiger partial charge < -0.3 is 5.73 Å². The largest absolute Gasteiger partial charge is 0.393 e. The van der Waals surface area contributed by atoms with Crippen molar-refractivity contribution in [3.05, 3.63) is 23.9 Å². The van der Waals surface area contributed by atoms with Crippen LogP contribution in [-0.2, 0) is 10.0 Å². The number of hydrogen-bond acceptors (Lipinski definition) is 5. The van der Waals surface area contributed by atoms with Gasteiger partial charge in [-0.3, -0.25) is 4.79 Å². The van der Waals surface area contributed by atoms with E-state index >= 15 is 0 Å². The molecule has 2 aliphatic rings. The molecule has 0 saturated heterocycles. The minimum Gasteiger partial charge on any atom is -0.393 e. The second kappa shape index (κ2) is 4.23. The summed E-state index contributed by atoms with van der Waals surface area (Å²) < 4.78 is 25.6. The Labute approximate surface area is 122 Å². The number of carbonyl (C=O) groups is 1. The lowest BCUT2D eigenvalue weighted by atomic mass is 10.0. The van der Waals surface area contributed by atoms with Crippen molar-refractivity contribution in [2.45, 2.75) is 24.3 Å². The van der Waals surface area contributed by atoms with Gasteiger partial charge in [-0.2, -0.15) is 8.42 Å². The maximum atomic E-state index is 12.4. The summed E-state index contributed by atoms with van der Waals surface area (Å²) in [5.74, 6) is -0.512. The van der Waals surface area contributed by atoms with Crippen molar-refractivity contribution in [3.63, 3.8) is 0 Å². The summed E-state index contributed by atoms with van der Waals surface area (Å²) in [6, 6.07) is 3.03. The summed E-state index contributed by atoms with van der Waals surface area (Å²) in [4.78, 5) is 16.4. The van der Waals surface area contributed by atoms with Gasteiger partial charge in [0, 0.05) is 19.2 Å². The Morgan fingerprint density at radius 2 is 2.20 bits per heavy atom. The molecule has 0 bridgehead atoms. The molecule has 8 heteroatoms. The maximum absolute atomic E-state index is 12.4. The van der Waals surface area contributed by atoms with E-state index in [0.29, 0.717) is 11.4 Å². The Morgan fingerprint density at radius 1 is 1.50 bits per heavy atom. The Kier molecular flexibility index (Phi) is 2.84. The standard InChI is InChI=1S/C12H13N3O3S2/c13-9(19)6-12(3-4-12)7-15-11(16)8-2-1-5-14-10(8)20(15,17)18/h1-2,5H,3-4,6-7H2,(H2,13,19). The lowest BCUT2D eigenvalue weighted by Crippen LogP contribution is -2.36. The zero-order valence-corrected chi connectivity index (χ0v) is 12.2. The summed E-state index contributed by atoms with van der Waals surface area (Å²) in [6.07, 6.45) is 3.49. The monoisotopic (exact) mass is 311 g/mol.